The number of carbonyl (C=O) groups excluding carboxylic acids is 1. The molecule has 0 radical (unpaired) electrons. The van der Waals surface area contributed by atoms with Crippen LogP contribution in [0, 0.1) is 0 Å². The zero-order valence-electron chi connectivity index (χ0n) is 17.1. The number of carbonyl (C=O) groups is 1. The van der Waals surface area contributed by atoms with Gasteiger partial charge in [0.15, 0.2) is 11.7 Å². The van der Waals surface area contributed by atoms with Crippen molar-refractivity contribution < 1.29 is 18.7 Å². The number of halogens is 1. The number of rotatable bonds is 10. The summed E-state index contributed by atoms with van der Waals surface area (Å²) < 4.78 is 16.6. The van der Waals surface area contributed by atoms with E-state index in [4.69, 9.17) is 25.5 Å². The minimum atomic E-state index is 0.0435. The zero-order valence-corrected chi connectivity index (χ0v) is 17.9. The van der Waals surface area contributed by atoms with Crippen LogP contribution in [0.3, 0.4) is 0 Å². The van der Waals surface area contributed by atoms with Gasteiger partial charge in [-0.3, -0.25) is 4.79 Å². The number of amides is 1. The number of hydrogen-bond acceptors (Lipinski definition) is 5. The van der Waals surface area contributed by atoms with Crippen LogP contribution in [0.5, 0.6) is 11.5 Å². The maximum Gasteiger partial charge on any atom is 0.222 e. The fourth-order valence-electron chi connectivity index (χ4n) is 2.89. The van der Waals surface area contributed by atoms with Crippen LogP contribution in [0.25, 0.3) is 11.3 Å². The van der Waals surface area contributed by atoms with Crippen LogP contribution in [0.4, 0.5) is 0 Å². The van der Waals surface area contributed by atoms with Crippen molar-refractivity contribution in [3.63, 3.8) is 0 Å². The van der Waals surface area contributed by atoms with Gasteiger partial charge >= 0.3 is 0 Å². The average Bonchev–Trinajstić information content (AvgIpc) is 3.24. The SMILES string of the molecule is COc1ccc(-c2cnc(CCC(=O)N(C)CCCOc3cccc(Cl)c3)o2)cc1. The number of nitrogens with zero attached hydrogens (tertiary/aromatic N) is 2. The summed E-state index contributed by atoms with van der Waals surface area (Å²) in [7, 11) is 3.42. The predicted molar refractivity (Wildman–Crippen MR) is 116 cm³/mol. The van der Waals surface area contributed by atoms with Crippen molar-refractivity contribution in [2.45, 2.75) is 19.3 Å². The van der Waals surface area contributed by atoms with E-state index >= 15 is 0 Å². The maximum atomic E-state index is 12.4. The lowest BCUT2D eigenvalue weighted by atomic mass is 10.2. The first kappa shape index (κ1) is 21.7. The van der Waals surface area contributed by atoms with Gasteiger partial charge in [-0.25, -0.2) is 4.98 Å². The Morgan fingerprint density at radius 2 is 1.97 bits per heavy atom. The van der Waals surface area contributed by atoms with Crippen LogP contribution in [0.1, 0.15) is 18.7 Å². The molecule has 1 aromatic heterocycles. The van der Waals surface area contributed by atoms with Gasteiger partial charge in [-0.2, -0.15) is 0 Å². The lowest BCUT2D eigenvalue weighted by Crippen LogP contribution is -2.28. The lowest BCUT2D eigenvalue weighted by molar-refractivity contribution is -0.130. The van der Waals surface area contributed by atoms with Crippen molar-refractivity contribution in [1.82, 2.24) is 9.88 Å². The highest BCUT2D eigenvalue weighted by Gasteiger charge is 2.12. The third-order valence-corrected chi connectivity index (χ3v) is 4.84. The minimum Gasteiger partial charge on any atom is -0.497 e. The first-order chi connectivity index (χ1) is 14.5. The molecule has 0 aliphatic carbocycles. The number of aromatic nitrogens is 1. The van der Waals surface area contributed by atoms with Crippen LogP contribution in [0.15, 0.2) is 59.1 Å². The molecule has 30 heavy (non-hydrogen) atoms. The van der Waals surface area contributed by atoms with Crippen LogP contribution >= 0.6 is 11.6 Å². The Hall–Kier alpha value is -2.99. The van der Waals surface area contributed by atoms with E-state index in [2.05, 4.69) is 4.98 Å². The Bertz CT molecular complexity index is 956. The summed E-state index contributed by atoms with van der Waals surface area (Å²) in [6.45, 7) is 1.13. The van der Waals surface area contributed by atoms with Gasteiger partial charge in [0.1, 0.15) is 11.5 Å². The fraction of sp³-hybridized carbons (Fsp3) is 0.304. The van der Waals surface area contributed by atoms with Crippen molar-refractivity contribution in [3.05, 3.63) is 65.6 Å². The Labute approximate surface area is 181 Å². The second kappa shape index (κ2) is 10.7. The molecule has 2 aromatic carbocycles. The molecule has 0 atom stereocenters. The second-order valence-corrected chi connectivity index (χ2v) is 7.26. The molecule has 0 N–H and O–H groups in total. The molecule has 0 spiro atoms. The third-order valence-electron chi connectivity index (χ3n) is 4.61. The van der Waals surface area contributed by atoms with E-state index in [-0.39, 0.29) is 5.91 Å². The van der Waals surface area contributed by atoms with Crippen molar-refractivity contribution in [2.75, 3.05) is 27.3 Å². The van der Waals surface area contributed by atoms with Gasteiger partial charge in [-0.1, -0.05) is 17.7 Å². The minimum absolute atomic E-state index is 0.0435. The first-order valence-corrected chi connectivity index (χ1v) is 10.1. The van der Waals surface area contributed by atoms with Gasteiger partial charge in [0.25, 0.3) is 0 Å². The molecule has 0 saturated carbocycles. The van der Waals surface area contributed by atoms with Gasteiger partial charge in [0, 0.05) is 37.0 Å². The van der Waals surface area contributed by atoms with Gasteiger partial charge in [-0.15, -0.1) is 0 Å². The van der Waals surface area contributed by atoms with Crippen LogP contribution in [-0.4, -0.2) is 43.1 Å². The molecule has 0 bridgehead atoms. The molecule has 0 saturated heterocycles. The van der Waals surface area contributed by atoms with Gasteiger partial charge in [-0.05, 0) is 48.9 Å². The molecule has 1 amide bonds. The quantitative estimate of drug-likeness (QED) is 0.431. The predicted octanol–water partition coefficient (Wildman–Crippen LogP) is 4.86. The largest absolute Gasteiger partial charge is 0.497 e. The highest BCUT2D eigenvalue weighted by molar-refractivity contribution is 6.30. The van der Waals surface area contributed by atoms with Gasteiger partial charge < -0.3 is 18.8 Å². The monoisotopic (exact) mass is 428 g/mol. The Balaban J connectivity index is 1.39. The van der Waals surface area contributed by atoms with Gasteiger partial charge in [0.05, 0.1) is 19.9 Å². The molecule has 0 unspecified atom stereocenters. The molecule has 0 aliphatic rings. The van der Waals surface area contributed by atoms with E-state index in [1.54, 1.807) is 37.4 Å². The molecule has 158 valence electrons. The summed E-state index contributed by atoms with van der Waals surface area (Å²) in [6.07, 6.45) is 3.21. The standard InChI is InChI=1S/C23H25ClN2O4/c1-26(13-4-14-29-20-6-3-5-18(24)15-20)23(27)12-11-22-25-16-21(30-22)17-7-9-19(28-2)10-8-17/h3,5-10,15-16H,4,11-14H2,1-2H3. The number of oxazole rings is 1. The molecular weight excluding hydrogens is 404 g/mol. The third kappa shape index (κ3) is 6.26. The molecule has 0 aliphatic heterocycles. The number of aryl methyl sites for hydroxylation is 1. The van der Waals surface area contributed by atoms with Crippen molar-refractivity contribution in [2.24, 2.45) is 0 Å². The number of hydrogen-bond donors (Lipinski definition) is 0. The summed E-state index contributed by atoms with van der Waals surface area (Å²) >= 11 is 5.93. The van der Waals surface area contributed by atoms with E-state index in [9.17, 15) is 4.79 Å². The van der Waals surface area contributed by atoms with E-state index in [1.807, 2.05) is 36.4 Å². The summed E-state index contributed by atoms with van der Waals surface area (Å²) in [5, 5.41) is 0.640. The van der Waals surface area contributed by atoms with Crippen molar-refractivity contribution in [1.29, 1.82) is 0 Å². The Kier molecular flexibility index (Phi) is 7.74. The first-order valence-electron chi connectivity index (χ1n) is 9.76. The molecule has 1 heterocycles. The van der Waals surface area contributed by atoms with Crippen molar-refractivity contribution in [3.8, 4) is 22.8 Å². The highest BCUT2D eigenvalue weighted by Crippen LogP contribution is 2.23. The normalized spacial score (nSPS) is 10.6. The fourth-order valence-corrected chi connectivity index (χ4v) is 3.07. The summed E-state index contributed by atoms with van der Waals surface area (Å²) in [4.78, 5) is 18.3. The number of methoxy groups -OCH3 is 1. The maximum absolute atomic E-state index is 12.4. The molecular formula is C23H25ClN2O4. The van der Waals surface area contributed by atoms with Crippen LogP contribution in [0.2, 0.25) is 5.02 Å². The van der Waals surface area contributed by atoms with E-state index in [0.29, 0.717) is 42.7 Å². The molecule has 6 nitrogen and oxygen atoms in total. The summed E-state index contributed by atoms with van der Waals surface area (Å²) in [6, 6.07) is 14.8. The zero-order chi connectivity index (χ0) is 21.3. The molecule has 3 aromatic rings. The lowest BCUT2D eigenvalue weighted by Gasteiger charge is -2.17. The molecule has 7 heteroatoms. The van der Waals surface area contributed by atoms with E-state index < -0.39 is 0 Å². The average molecular weight is 429 g/mol. The van der Waals surface area contributed by atoms with E-state index in [1.165, 1.54) is 0 Å². The summed E-state index contributed by atoms with van der Waals surface area (Å²) in [5.41, 5.74) is 0.915. The van der Waals surface area contributed by atoms with Crippen LogP contribution < -0.4 is 9.47 Å². The Morgan fingerprint density at radius 1 is 1.17 bits per heavy atom. The van der Waals surface area contributed by atoms with Crippen LogP contribution in [-0.2, 0) is 11.2 Å². The van der Waals surface area contributed by atoms with Gasteiger partial charge in [0.2, 0.25) is 5.91 Å². The number of benzene rings is 2. The highest BCUT2D eigenvalue weighted by atomic mass is 35.5. The topological polar surface area (TPSA) is 64.8 Å². The van der Waals surface area contributed by atoms with Crippen molar-refractivity contribution >= 4 is 17.5 Å². The van der Waals surface area contributed by atoms with E-state index in [0.717, 1.165) is 23.5 Å². The molecule has 0 fully saturated rings. The summed E-state index contributed by atoms with van der Waals surface area (Å²) in [5.74, 6) is 2.78. The smallest absolute Gasteiger partial charge is 0.222 e. The molecule has 3 rings (SSSR count). The Morgan fingerprint density at radius 3 is 2.70 bits per heavy atom. The second-order valence-electron chi connectivity index (χ2n) is 6.82. The number of ether oxygens (including phenoxy) is 2.